The number of likely N-dealkylation sites (tertiary alicyclic amines) is 1. The molecule has 1 heterocycles. The first-order chi connectivity index (χ1) is 9.03. The molecular weight excluding hydrogens is 363 g/mol. The van der Waals surface area contributed by atoms with Gasteiger partial charge in [0.15, 0.2) is 5.96 Å². The molecule has 2 aliphatic rings. The van der Waals surface area contributed by atoms with Gasteiger partial charge in [0, 0.05) is 25.2 Å². The van der Waals surface area contributed by atoms with E-state index in [1.807, 2.05) is 7.05 Å². The second-order valence-corrected chi connectivity index (χ2v) is 6.75. The standard InChI is InChI=1S/C15H30N4.HI/c1-12-10-13(12)18-14(16-4)17-11-15(2,3)19-8-6-5-7-9-19;/h12-13H,5-11H2,1-4H3,(H2,16,17,18);1H. The van der Waals surface area contributed by atoms with Crippen LogP contribution >= 0.6 is 24.0 Å². The molecule has 1 saturated heterocycles. The summed E-state index contributed by atoms with van der Waals surface area (Å²) in [6, 6.07) is 0.629. The summed E-state index contributed by atoms with van der Waals surface area (Å²) in [5.74, 6) is 1.76. The highest BCUT2D eigenvalue weighted by atomic mass is 127. The first kappa shape index (κ1) is 18.0. The van der Waals surface area contributed by atoms with Crippen LogP contribution in [0.25, 0.3) is 0 Å². The second-order valence-electron chi connectivity index (χ2n) is 6.75. The van der Waals surface area contributed by atoms with E-state index in [-0.39, 0.29) is 29.5 Å². The van der Waals surface area contributed by atoms with Crippen LogP contribution < -0.4 is 10.6 Å². The highest BCUT2D eigenvalue weighted by Gasteiger charge is 2.34. The Hall–Kier alpha value is -0.0400. The van der Waals surface area contributed by atoms with Gasteiger partial charge in [-0.1, -0.05) is 13.3 Å². The van der Waals surface area contributed by atoms with Gasteiger partial charge in [0.1, 0.15) is 0 Å². The van der Waals surface area contributed by atoms with E-state index in [9.17, 15) is 0 Å². The molecule has 0 aromatic heterocycles. The molecule has 2 fully saturated rings. The summed E-state index contributed by atoms with van der Waals surface area (Å²) in [4.78, 5) is 6.93. The van der Waals surface area contributed by atoms with E-state index in [0.29, 0.717) is 6.04 Å². The molecule has 1 aliphatic carbocycles. The van der Waals surface area contributed by atoms with Gasteiger partial charge >= 0.3 is 0 Å². The SMILES string of the molecule is CN=C(NCC(C)(C)N1CCCCC1)NC1CC1C.I. The van der Waals surface area contributed by atoms with Crippen molar-refractivity contribution in [3.63, 3.8) is 0 Å². The van der Waals surface area contributed by atoms with E-state index in [1.165, 1.54) is 38.8 Å². The van der Waals surface area contributed by atoms with Crippen molar-refractivity contribution in [1.82, 2.24) is 15.5 Å². The normalized spacial score (nSPS) is 27.7. The second kappa shape index (κ2) is 7.82. The lowest BCUT2D eigenvalue weighted by molar-refractivity contribution is 0.0982. The Labute approximate surface area is 141 Å². The Morgan fingerprint density at radius 1 is 1.25 bits per heavy atom. The van der Waals surface area contributed by atoms with Crippen LogP contribution in [0.3, 0.4) is 0 Å². The Bertz CT molecular complexity index is 324. The van der Waals surface area contributed by atoms with Crippen molar-refractivity contribution in [1.29, 1.82) is 0 Å². The molecule has 1 saturated carbocycles. The lowest BCUT2D eigenvalue weighted by Crippen LogP contribution is -2.55. The van der Waals surface area contributed by atoms with E-state index in [4.69, 9.17) is 0 Å². The third kappa shape index (κ3) is 5.06. The Morgan fingerprint density at radius 2 is 1.85 bits per heavy atom. The topological polar surface area (TPSA) is 39.7 Å². The molecule has 0 aromatic rings. The maximum atomic E-state index is 4.33. The van der Waals surface area contributed by atoms with Crippen LogP contribution in [-0.2, 0) is 0 Å². The number of aliphatic imine (C=N–C) groups is 1. The average Bonchev–Trinajstić information content (AvgIpc) is 3.11. The molecule has 2 unspecified atom stereocenters. The fraction of sp³-hybridized carbons (Fsp3) is 0.933. The predicted octanol–water partition coefficient (Wildman–Crippen LogP) is 2.44. The van der Waals surface area contributed by atoms with E-state index in [0.717, 1.165) is 18.4 Å². The number of guanidine groups is 1. The van der Waals surface area contributed by atoms with Crippen LogP contribution in [-0.4, -0.2) is 49.1 Å². The number of nitrogens with zero attached hydrogens (tertiary/aromatic N) is 2. The lowest BCUT2D eigenvalue weighted by atomic mass is 9.98. The van der Waals surface area contributed by atoms with Crippen molar-refractivity contribution in [2.45, 2.75) is 58.0 Å². The number of piperidine rings is 1. The summed E-state index contributed by atoms with van der Waals surface area (Å²) in [6.07, 6.45) is 5.35. The number of halogens is 1. The van der Waals surface area contributed by atoms with Crippen LogP contribution in [0.2, 0.25) is 0 Å². The van der Waals surface area contributed by atoms with Gasteiger partial charge in [0.25, 0.3) is 0 Å². The summed E-state index contributed by atoms with van der Waals surface area (Å²) in [6.45, 7) is 10.4. The van der Waals surface area contributed by atoms with Gasteiger partial charge in [-0.3, -0.25) is 9.89 Å². The number of hydrogen-bond acceptors (Lipinski definition) is 2. The number of nitrogens with one attached hydrogen (secondary N) is 2. The molecule has 118 valence electrons. The van der Waals surface area contributed by atoms with E-state index < -0.39 is 0 Å². The lowest BCUT2D eigenvalue weighted by Gasteiger charge is -2.41. The van der Waals surface area contributed by atoms with Crippen molar-refractivity contribution in [3.05, 3.63) is 0 Å². The van der Waals surface area contributed by atoms with Crippen molar-refractivity contribution >= 4 is 29.9 Å². The molecule has 20 heavy (non-hydrogen) atoms. The van der Waals surface area contributed by atoms with Crippen molar-refractivity contribution in [2.24, 2.45) is 10.9 Å². The van der Waals surface area contributed by atoms with Gasteiger partial charge in [0.05, 0.1) is 0 Å². The van der Waals surface area contributed by atoms with Crippen LogP contribution in [0.15, 0.2) is 4.99 Å². The maximum absolute atomic E-state index is 4.33. The summed E-state index contributed by atoms with van der Waals surface area (Å²) in [5.41, 5.74) is 0.202. The number of hydrogen-bond donors (Lipinski definition) is 2. The first-order valence-corrected chi connectivity index (χ1v) is 7.75. The zero-order chi connectivity index (χ0) is 13.9. The van der Waals surface area contributed by atoms with Crippen LogP contribution in [0.4, 0.5) is 0 Å². The van der Waals surface area contributed by atoms with Gasteiger partial charge < -0.3 is 10.6 Å². The highest BCUT2D eigenvalue weighted by molar-refractivity contribution is 14.0. The average molecular weight is 394 g/mol. The Kier molecular flexibility index (Phi) is 7.04. The molecule has 0 aromatic carbocycles. The van der Waals surface area contributed by atoms with Crippen molar-refractivity contribution < 1.29 is 0 Å². The van der Waals surface area contributed by atoms with E-state index in [1.54, 1.807) is 0 Å². The predicted molar refractivity (Wildman–Crippen MR) is 97.0 cm³/mol. The summed E-state index contributed by atoms with van der Waals surface area (Å²) >= 11 is 0. The maximum Gasteiger partial charge on any atom is 0.191 e. The van der Waals surface area contributed by atoms with E-state index in [2.05, 4.69) is 41.3 Å². The van der Waals surface area contributed by atoms with Gasteiger partial charge in [0.2, 0.25) is 0 Å². The summed E-state index contributed by atoms with van der Waals surface area (Å²) in [5, 5.41) is 6.98. The smallest absolute Gasteiger partial charge is 0.191 e. The Balaban J connectivity index is 0.00000200. The molecule has 0 amide bonds. The van der Waals surface area contributed by atoms with Crippen molar-refractivity contribution in [3.8, 4) is 0 Å². The van der Waals surface area contributed by atoms with Crippen molar-refractivity contribution in [2.75, 3.05) is 26.7 Å². The molecule has 4 nitrogen and oxygen atoms in total. The number of rotatable bonds is 4. The quantitative estimate of drug-likeness (QED) is 0.437. The fourth-order valence-electron chi connectivity index (χ4n) is 2.80. The molecule has 2 atom stereocenters. The summed E-state index contributed by atoms with van der Waals surface area (Å²) < 4.78 is 0. The van der Waals surface area contributed by atoms with Gasteiger partial charge in [-0.25, -0.2) is 0 Å². The third-order valence-electron chi connectivity index (χ3n) is 4.56. The third-order valence-corrected chi connectivity index (χ3v) is 4.56. The molecule has 0 spiro atoms. The zero-order valence-corrected chi connectivity index (χ0v) is 15.7. The summed E-state index contributed by atoms with van der Waals surface area (Å²) in [7, 11) is 1.86. The zero-order valence-electron chi connectivity index (χ0n) is 13.4. The molecule has 5 heteroatoms. The molecule has 2 rings (SSSR count). The Morgan fingerprint density at radius 3 is 2.35 bits per heavy atom. The monoisotopic (exact) mass is 394 g/mol. The first-order valence-electron chi connectivity index (χ1n) is 7.75. The van der Waals surface area contributed by atoms with Crippen LogP contribution in [0.5, 0.6) is 0 Å². The van der Waals surface area contributed by atoms with Gasteiger partial charge in [-0.15, -0.1) is 24.0 Å². The molecule has 1 aliphatic heterocycles. The molecule has 0 bridgehead atoms. The minimum Gasteiger partial charge on any atom is -0.355 e. The van der Waals surface area contributed by atoms with Crippen LogP contribution in [0.1, 0.15) is 46.5 Å². The van der Waals surface area contributed by atoms with Gasteiger partial charge in [-0.05, 0) is 52.1 Å². The minimum atomic E-state index is 0. The molecular formula is C15H31IN4. The van der Waals surface area contributed by atoms with E-state index >= 15 is 0 Å². The largest absolute Gasteiger partial charge is 0.355 e. The highest BCUT2D eigenvalue weighted by Crippen LogP contribution is 2.28. The van der Waals surface area contributed by atoms with Gasteiger partial charge in [-0.2, -0.15) is 0 Å². The molecule has 0 radical (unpaired) electrons. The van der Waals surface area contributed by atoms with Crippen LogP contribution in [0, 0.1) is 5.92 Å². The molecule has 2 N–H and O–H groups in total. The minimum absolute atomic E-state index is 0. The fourth-order valence-corrected chi connectivity index (χ4v) is 2.80.